The van der Waals surface area contributed by atoms with Gasteiger partial charge in [-0.25, -0.2) is 0 Å². The standard InChI is InChI=1S/C12H14O2/c13-11-5-1-2-6-9(5)10-7(11)3-4-8(10)12(6)14/h5-10H,1-4H2/t5-,6+,7+,8-,9?,10?. The van der Waals surface area contributed by atoms with Crippen molar-refractivity contribution in [1.82, 2.24) is 0 Å². The first-order valence-corrected chi connectivity index (χ1v) is 5.86. The van der Waals surface area contributed by atoms with Gasteiger partial charge in [0.1, 0.15) is 11.6 Å². The number of rotatable bonds is 0. The number of hydrogen-bond donors (Lipinski definition) is 0. The zero-order chi connectivity index (χ0) is 9.45. The van der Waals surface area contributed by atoms with Crippen LogP contribution in [0.3, 0.4) is 0 Å². The molecule has 0 aromatic heterocycles. The molecule has 2 nitrogen and oxygen atoms in total. The van der Waals surface area contributed by atoms with Gasteiger partial charge in [-0.3, -0.25) is 9.59 Å². The van der Waals surface area contributed by atoms with Crippen molar-refractivity contribution in [3.8, 4) is 0 Å². The maximum absolute atomic E-state index is 12.0. The fraction of sp³-hybridized carbons (Fsp3) is 0.833. The summed E-state index contributed by atoms with van der Waals surface area (Å²) in [7, 11) is 0. The van der Waals surface area contributed by atoms with E-state index in [1.54, 1.807) is 0 Å². The second kappa shape index (κ2) is 2.12. The number of carbonyl (C=O) groups excluding carboxylic acids is 2. The lowest BCUT2D eigenvalue weighted by Gasteiger charge is -2.12. The topological polar surface area (TPSA) is 34.1 Å². The van der Waals surface area contributed by atoms with Gasteiger partial charge in [-0.2, -0.15) is 0 Å². The lowest BCUT2D eigenvalue weighted by Crippen LogP contribution is -2.16. The molecule has 0 saturated heterocycles. The highest BCUT2D eigenvalue weighted by atomic mass is 16.1. The summed E-state index contributed by atoms with van der Waals surface area (Å²) in [5.74, 6) is 3.22. The van der Waals surface area contributed by atoms with E-state index in [2.05, 4.69) is 0 Å². The molecule has 0 aliphatic heterocycles. The average molecular weight is 190 g/mol. The fourth-order valence-corrected chi connectivity index (χ4v) is 5.00. The van der Waals surface area contributed by atoms with Gasteiger partial charge in [0, 0.05) is 23.7 Å². The zero-order valence-electron chi connectivity index (χ0n) is 8.11. The van der Waals surface area contributed by atoms with Crippen molar-refractivity contribution in [2.75, 3.05) is 0 Å². The van der Waals surface area contributed by atoms with Crippen LogP contribution in [0.25, 0.3) is 0 Å². The first-order chi connectivity index (χ1) is 6.79. The molecular formula is C12H14O2. The number of Topliss-reactive ketones (excluding diaryl/α,β-unsaturated/α-hetero) is 2. The van der Waals surface area contributed by atoms with Crippen molar-refractivity contribution < 1.29 is 9.59 Å². The first-order valence-electron chi connectivity index (χ1n) is 5.86. The van der Waals surface area contributed by atoms with Gasteiger partial charge < -0.3 is 0 Å². The van der Waals surface area contributed by atoms with Crippen molar-refractivity contribution in [2.45, 2.75) is 25.7 Å². The van der Waals surface area contributed by atoms with Crippen molar-refractivity contribution in [2.24, 2.45) is 35.5 Å². The van der Waals surface area contributed by atoms with Gasteiger partial charge in [0.05, 0.1) is 0 Å². The first kappa shape index (κ1) is 7.61. The predicted octanol–water partition coefficient (Wildman–Crippen LogP) is 1.44. The summed E-state index contributed by atoms with van der Waals surface area (Å²) in [6, 6.07) is 0. The van der Waals surface area contributed by atoms with E-state index in [-0.39, 0.29) is 0 Å². The number of ketones is 2. The monoisotopic (exact) mass is 190 g/mol. The summed E-state index contributed by atoms with van der Waals surface area (Å²) < 4.78 is 0. The van der Waals surface area contributed by atoms with E-state index in [1.165, 1.54) is 0 Å². The van der Waals surface area contributed by atoms with E-state index in [0.717, 1.165) is 25.7 Å². The van der Waals surface area contributed by atoms with Gasteiger partial charge in [-0.1, -0.05) is 0 Å². The molecule has 0 bridgehead atoms. The van der Waals surface area contributed by atoms with E-state index in [4.69, 9.17) is 0 Å². The third-order valence-electron chi connectivity index (χ3n) is 5.34. The average Bonchev–Trinajstić information content (AvgIpc) is 2.83. The van der Waals surface area contributed by atoms with E-state index < -0.39 is 0 Å². The van der Waals surface area contributed by atoms with Gasteiger partial charge in [-0.05, 0) is 37.5 Å². The molecule has 0 N–H and O–H groups in total. The van der Waals surface area contributed by atoms with E-state index in [1.807, 2.05) is 0 Å². The Morgan fingerprint density at radius 1 is 0.643 bits per heavy atom. The molecule has 4 aliphatic carbocycles. The summed E-state index contributed by atoms with van der Waals surface area (Å²) in [5, 5.41) is 0. The second-order valence-electron chi connectivity index (χ2n) is 5.54. The molecule has 4 fully saturated rings. The Hall–Kier alpha value is -0.660. The van der Waals surface area contributed by atoms with Crippen LogP contribution in [-0.4, -0.2) is 11.6 Å². The van der Waals surface area contributed by atoms with Gasteiger partial charge in [-0.15, -0.1) is 0 Å². The minimum Gasteiger partial charge on any atom is -0.299 e. The molecule has 2 heteroatoms. The number of carbonyl (C=O) groups is 2. The molecule has 6 atom stereocenters. The maximum atomic E-state index is 12.0. The van der Waals surface area contributed by atoms with E-state index in [9.17, 15) is 9.59 Å². The summed E-state index contributed by atoms with van der Waals surface area (Å²) in [4.78, 5) is 24.1. The molecule has 2 unspecified atom stereocenters. The molecule has 0 aromatic rings. The van der Waals surface area contributed by atoms with Crippen LogP contribution in [0.15, 0.2) is 0 Å². The zero-order valence-corrected chi connectivity index (χ0v) is 8.11. The Labute approximate surface area is 83.1 Å². The quantitative estimate of drug-likeness (QED) is 0.579. The molecule has 74 valence electrons. The summed E-state index contributed by atoms with van der Waals surface area (Å²) >= 11 is 0. The van der Waals surface area contributed by atoms with Crippen LogP contribution in [0, 0.1) is 35.5 Å². The molecular weight excluding hydrogens is 176 g/mol. The van der Waals surface area contributed by atoms with Gasteiger partial charge in [0.25, 0.3) is 0 Å². The lowest BCUT2D eigenvalue weighted by molar-refractivity contribution is -0.125. The largest absolute Gasteiger partial charge is 0.299 e. The predicted molar refractivity (Wildman–Crippen MR) is 49.4 cm³/mol. The maximum Gasteiger partial charge on any atom is 0.139 e. The molecule has 4 saturated carbocycles. The molecule has 0 heterocycles. The smallest absolute Gasteiger partial charge is 0.139 e. The minimum absolute atomic E-state index is 0.296. The molecule has 0 aromatic carbocycles. The normalized spacial score (nSPS) is 58.6. The van der Waals surface area contributed by atoms with E-state index in [0.29, 0.717) is 47.1 Å². The Balaban J connectivity index is 1.89. The van der Waals surface area contributed by atoms with Crippen molar-refractivity contribution >= 4 is 11.6 Å². The lowest BCUT2D eigenvalue weighted by atomic mass is 9.90. The Kier molecular flexibility index (Phi) is 1.15. The van der Waals surface area contributed by atoms with Crippen LogP contribution in [-0.2, 0) is 9.59 Å². The Bertz CT molecular complexity index is 284. The van der Waals surface area contributed by atoms with Gasteiger partial charge in [0.15, 0.2) is 0 Å². The van der Waals surface area contributed by atoms with Crippen LogP contribution in [0.1, 0.15) is 25.7 Å². The molecule has 14 heavy (non-hydrogen) atoms. The highest BCUT2D eigenvalue weighted by Gasteiger charge is 2.66. The SMILES string of the molecule is O=C1[C@H]2CC[C@H]3C(=O)[C@H]4CC[C@@H]1C4C23. The fourth-order valence-electron chi connectivity index (χ4n) is 5.00. The van der Waals surface area contributed by atoms with Crippen molar-refractivity contribution in [3.05, 3.63) is 0 Å². The molecule has 0 amide bonds. The van der Waals surface area contributed by atoms with Crippen LogP contribution in [0.4, 0.5) is 0 Å². The van der Waals surface area contributed by atoms with Crippen LogP contribution < -0.4 is 0 Å². The second-order valence-corrected chi connectivity index (χ2v) is 5.54. The van der Waals surface area contributed by atoms with E-state index >= 15 is 0 Å². The third-order valence-corrected chi connectivity index (χ3v) is 5.34. The Morgan fingerprint density at radius 3 is 1.21 bits per heavy atom. The summed E-state index contributed by atoms with van der Waals surface area (Å²) in [6.07, 6.45) is 4.05. The van der Waals surface area contributed by atoms with Crippen LogP contribution >= 0.6 is 0 Å². The molecule has 4 aliphatic rings. The third kappa shape index (κ3) is 0.590. The summed E-state index contributed by atoms with van der Waals surface area (Å²) in [5.41, 5.74) is 0. The van der Waals surface area contributed by atoms with Crippen LogP contribution in [0.2, 0.25) is 0 Å². The van der Waals surface area contributed by atoms with Crippen molar-refractivity contribution in [3.63, 3.8) is 0 Å². The molecule has 4 rings (SSSR count). The van der Waals surface area contributed by atoms with Gasteiger partial charge in [0.2, 0.25) is 0 Å². The van der Waals surface area contributed by atoms with Crippen LogP contribution in [0.5, 0.6) is 0 Å². The van der Waals surface area contributed by atoms with Crippen molar-refractivity contribution in [1.29, 1.82) is 0 Å². The Morgan fingerprint density at radius 2 is 0.929 bits per heavy atom. The number of hydrogen-bond acceptors (Lipinski definition) is 2. The molecule has 0 radical (unpaired) electrons. The molecule has 0 spiro atoms. The highest BCUT2D eigenvalue weighted by molar-refractivity contribution is 5.96. The minimum atomic E-state index is 0.296. The van der Waals surface area contributed by atoms with Gasteiger partial charge >= 0.3 is 0 Å². The highest BCUT2D eigenvalue weighted by Crippen LogP contribution is 2.64. The summed E-state index contributed by atoms with van der Waals surface area (Å²) in [6.45, 7) is 0.